The molecule has 0 saturated heterocycles. The van der Waals surface area contributed by atoms with E-state index in [0.29, 0.717) is 0 Å². The summed E-state index contributed by atoms with van der Waals surface area (Å²) in [5.74, 6) is -1.13. The van der Waals surface area contributed by atoms with Gasteiger partial charge in [0, 0.05) is 0 Å². The quantitative estimate of drug-likeness (QED) is 0.489. The number of phosphoric acid groups is 1. The van der Waals surface area contributed by atoms with E-state index in [1.165, 1.54) is 0 Å². The van der Waals surface area contributed by atoms with Crippen LogP contribution in [0.4, 0.5) is 13.2 Å². The standard InChI is InChI=1S/C4H6F3O4P/c1-3(2-4(5,6)7)11-12(8,9)10/h1-2H2,(H2,8,9,10)/p-2. The van der Waals surface area contributed by atoms with E-state index in [0.717, 1.165) is 0 Å². The van der Waals surface area contributed by atoms with Gasteiger partial charge in [-0.1, -0.05) is 6.58 Å². The zero-order valence-electron chi connectivity index (χ0n) is 5.63. The van der Waals surface area contributed by atoms with Crippen LogP contribution in [0.1, 0.15) is 6.42 Å². The van der Waals surface area contributed by atoms with E-state index in [4.69, 9.17) is 0 Å². The second-order valence-corrected chi connectivity index (χ2v) is 2.95. The molecule has 0 atom stereocenters. The van der Waals surface area contributed by atoms with Crippen molar-refractivity contribution in [2.24, 2.45) is 0 Å². The maximum atomic E-state index is 11.4. The molecule has 0 bridgehead atoms. The molecule has 0 radical (unpaired) electrons. The number of hydrogen-bond acceptors (Lipinski definition) is 4. The van der Waals surface area contributed by atoms with Crippen molar-refractivity contribution in [1.82, 2.24) is 0 Å². The Kier molecular flexibility index (Phi) is 3.32. The Bertz CT molecular complexity index is 217. The fourth-order valence-corrected chi connectivity index (χ4v) is 0.795. The summed E-state index contributed by atoms with van der Waals surface area (Å²) in [6, 6.07) is 0. The van der Waals surface area contributed by atoms with Gasteiger partial charge in [0.25, 0.3) is 0 Å². The van der Waals surface area contributed by atoms with Gasteiger partial charge in [-0.15, -0.1) is 0 Å². The van der Waals surface area contributed by atoms with Crippen molar-refractivity contribution in [3.05, 3.63) is 12.3 Å². The number of halogens is 3. The summed E-state index contributed by atoms with van der Waals surface area (Å²) in [6.07, 6.45) is -6.28. The summed E-state index contributed by atoms with van der Waals surface area (Å²) in [4.78, 5) is 19.5. The van der Waals surface area contributed by atoms with Crippen molar-refractivity contribution in [3.8, 4) is 0 Å². The first-order chi connectivity index (χ1) is 5.10. The molecule has 0 N–H and O–H groups in total. The molecule has 0 saturated carbocycles. The molecule has 4 nitrogen and oxygen atoms in total. The summed E-state index contributed by atoms with van der Waals surface area (Å²) in [7, 11) is -5.41. The van der Waals surface area contributed by atoms with Crippen molar-refractivity contribution in [2.75, 3.05) is 0 Å². The topological polar surface area (TPSA) is 72.4 Å². The molecule has 0 aromatic carbocycles. The van der Waals surface area contributed by atoms with Gasteiger partial charge in [-0.25, -0.2) is 0 Å². The number of hydrogen-bond donors (Lipinski definition) is 0. The average molecular weight is 204 g/mol. The molecule has 0 aliphatic heterocycles. The fourth-order valence-electron chi connectivity index (χ4n) is 0.414. The summed E-state index contributed by atoms with van der Waals surface area (Å²) < 4.78 is 47.4. The van der Waals surface area contributed by atoms with Gasteiger partial charge in [0.2, 0.25) is 0 Å². The molecule has 0 spiro atoms. The molecule has 0 unspecified atom stereocenters. The first kappa shape index (κ1) is 11.5. The van der Waals surface area contributed by atoms with Gasteiger partial charge < -0.3 is 18.9 Å². The number of phosphoric ester groups is 1. The maximum Gasteiger partial charge on any atom is 0.396 e. The molecular weight excluding hydrogens is 200 g/mol. The molecule has 0 aliphatic rings. The molecule has 0 fully saturated rings. The molecule has 0 amide bonds. The molecule has 12 heavy (non-hydrogen) atoms. The third-order valence-electron chi connectivity index (χ3n) is 0.639. The normalized spacial score (nSPS) is 12.8. The Morgan fingerprint density at radius 1 is 1.50 bits per heavy atom. The van der Waals surface area contributed by atoms with Crippen LogP contribution in [0.25, 0.3) is 0 Å². The largest absolute Gasteiger partial charge is 0.780 e. The van der Waals surface area contributed by atoms with Gasteiger partial charge in [-0.3, -0.25) is 0 Å². The first-order valence-electron chi connectivity index (χ1n) is 2.56. The van der Waals surface area contributed by atoms with Crippen LogP contribution in [-0.4, -0.2) is 6.18 Å². The maximum absolute atomic E-state index is 11.4. The fraction of sp³-hybridized carbons (Fsp3) is 0.500. The molecule has 0 aromatic heterocycles. The van der Waals surface area contributed by atoms with Gasteiger partial charge in [0.15, 0.2) is 0 Å². The van der Waals surface area contributed by atoms with Crippen LogP contribution >= 0.6 is 7.82 Å². The van der Waals surface area contributed by atoms with Gasteiger partial charge in [0.1, 0.15) is 20.0 Å². The third kappa shape index (κ3) is 7.59. The predicted molar refractivity (Wildman–Crippen MR) is 28.5 cm³/mol. The molecular formula is C4H4F3O4P-2. The number of rotatable bonds is 3. The van der Waals surface area contributed by atoms with Gasteiger partial charge in [-0.05, 0) is 0 Å². The van der Waals surface area contributed by atoms with Crippen molar-refractivity contribution in [2.45, 2.75) is 12.6 Å². The number of allylic oxidation sites excluding steroid dienone is 1. The third-order valence-corrected chi connectivity index (χ3v) is 1.12. The predicted octanol–water partition coefficient (Wildman–Crippen LogP) is 0.298. The highest BCUT2D eigenvalue weighted by molar-refractivity contribution is 7.43. The van der Waals surface area contributed by atoms with Crippen LogP contribution in [0.2, 0.25) is 0 Å². The Hall–Kier alpha value is -0.520. The Balaban J connectivity index is 4.01. The van der Waals surface area contributed by atoms with Crippen LogP contribution in [-0.2, 0) is 9.09 Å². The molecule has 0 rings (SSSR count). The van der Waals surface area contributed by atoms with Gasteiger partial charge in [0.05, 0.1) is 0 Å². The van der Waals surface area contributed by atoms with Crippen molar-refractivity contribution in [1.29, 1.82) is 0 Å². The minimum Gasteiger partial charge on any atom is -0.780 e. The van der Waals surface area contributed by atoms with Crippen LogP contribution in [0.3, 0.4) is 0 Å². The lowest BCUT2D eigenvalue weighted by Crippen LogP contribution is -2.18. The molecule has 0 aliphatic carbocycles. The molecule has 8 heteroatoms. The first-order valence-corrected chi connectivity index (χ1v) is 4.02. The molecule has 72 valence electrons. The Morgan fingerprint density at radius 3 is 2.17 bits per heavy atom. The highest BCUT2D eigenvalue weighted by Gasteiger charge is 2.29. The van der Waals surface area contributed by atoms with E-state index in [2.05, 4.69) is 11.1 Å². The summed E-state index contributed by atoms with van der Waals surface area (Å²) in [6.45, 7) is 2.61. The van der Waals surface area contributed by atoms with Gasteiger partial charge >= 0.3 is 6.18 Å². The van der Waals surface area contributed by atoms with E-state index >= 15 is 0 Å². The van der Waals surface area contributed by atoms with Crippen molar-refractivity contribution >= 4 is 7.82 Å². The smallest absolute Gasteiger partial charge is 0.396 e. The van der Waals surface area contributed by atoms with Crippen molar-refractivity contribution < 1.29 is 32.0 Å². The zero-order chi connectivity index (χ0) is 9.99. The van der Waals surface area contributed by atoms with Crippen LogP contribution in [0, 0.1) is 0 Å². The average Bonchev–Trinajstić information content (AvgIpc) is 1.49. The zero-order valence-corrected chi connectivity index (χ0v) is 6.52. The Morgan fingerprint density at radius 2 is 1.92 bits per heavy atom. The van der Waals surface area contributed by atoms with Crippen LogP contribution < -0.4 is 9.79 Å². The highest BCUT2D eigenvalue weighted by atomic mass is 31.2. The van der Waals surface area contributed by atoms with Crippen LogP contribution in [0.5, 0.6) is 0 Å². The SMILES string of the molecule is C=C(CC(F)(F)F)OP(=O)([O-])[O-]. The minimum atomic E-state index is -5.41. The second kappa shape index (κ2) is 3.47. The summed E-state index contributed by atoms with van der Waals surface area (Å²) in [5, 5.41) is 0. The van der Waals surface area contributed by atoms with E-state index in [1.807, 2.05) is 0 Å². The van der Waals surface area contributed by atoms with E-state index in [1.54, 1.807) is 0 Å². The van der Waals surface area contributed by atoms with Gasteiger partial charge in [-0.2, -0.15) is 13.2 Å². The molecule has 0 heterocycles. The van der Waals surface area contributed by atoms with Crippen molar-refractivity contribution in [3.63, 3.8) is 0 Å². The second-order valence-electron chi connectivity index (χ2n) is 1.87. The van der Waals surface area contributed by atoms with Crippen LogP contribution in [0.15, 0.2) is 12.3 Å². The van der Waals surface area contributed by atoms with E-state index in [9.17, 15) is 27.5 Å². The van der Waals surface area contributed by atoms with E-state index < -0.39 is 26.2 Å². The highest BCUT2D eigenvalue weighted by Crippen LogP contribution is 2.33. The lowest BCUT2D eigenvalue weighted by molar-refractivity contribution is -0.339. The Labute approximate surface area is 65.9 Å². The molecule has 0 aromatic rings. The van der Waals surface area contributed by atoms with E-state index in [-0.39, 0.29) is 0 Å². The monoisotopic (exact) mass is 204 g/mol. The minimum absolute atomic E-state index is 1.13. The summed E-state index contributed by atoms with van der Waals surface area (Å²) >= 11 is 0. The number of alkyl halides is 3. The lowest BCUT2D eigenvalue weighted by Gasteiger charge is -2.30. The lowest BCUT2D eigenvalue weighted by atomic mass is 10.4. The summed E-state index contributed by atoms with van der Waals surface area (Å²) in [5.41, 5.74) is 0.